The zero-order chi connectivity index (χ0) is 19.2. The quantitative estimate of drug-likeness (QED) is 0.669. The van der Waals surface area contributed by atoms with E-state index in [4.69, 9.17) is 5.73 Å². The van der Waals surface area contributed by atoms with Gasteiger partial charge in [0.1, 0.15) is 5.69 Å². The van der Waals surface area contributed by atoms with Crippen molar-refractivity contribution in [2.45, 2.75) is 45.1 Å². The van der Waals surface area contributed by atoms with E-state index in [1.807, 2.05) is 10.3 Å². The molecule has 2 fully saturated rings. The summed E-state index contributed by atoms with van der Waals surface area (Å²) in [6, 6.07) is 0.337. The first-order chi connectivity index (χ1) is 13.0. The summed E-state index contributed by atoms with van der Waals surface area (Å²) >= 11 is 1.49. The fourth-order valence-corrected chi connectivity index (χ4v) is 4.59. The number of rotatable bonds is 6. The second-order valence-corrected chi connectivity index (χ2v) is 8.70. The van der Waals surface area contributed by atoms with E-state index in [9.17, 15) is 9.59 Å². The van der Waals surface area contributed by atoms with Gasteiger partial charge < -0.3 is 16.0 Å². The van der Waals surface area contributed by atoms with Gasteiger partial charge in [0.15, 0.2) is 0 Å². The maximum Gasteiger partial charge on any atom is 0.273 e. The van der Waals surface area contributed by atoms with Crippen molar-refractivity contribution in [1.29, 1.82) is 0 Å². The lowest BCUT2D eigenvalue weighted by molar-refractivity contribution is -0.123. The van der Waals surface area contributed by atoms with E-state index in [0.29, 0.717) is 44.3 Å². The number of piperazine rings is 1. The standard InChI is InChI=1S/C19H31N5O2S.2ClH/c1-14-2-4-15(5-3-14)21-17(25)12-23-8-10-24(11-9-23)19(26)16-13-27-18(22-16)6-7-20;;/h13-15H,2-12,20H2,1H3,(H,21,25);2*1H. The fraction of sp³-hybridized carbons (Fsp3) is 0.737. The Balaban J connectivity index is 0.00000210. The Bertz CT molecular complexity index is 644. The molecule has 1 saturated heterocycles. The third-order valence-electron chi connectivity index (χ3n) is 5.54. The zero-order valence-corrected chi connectivity index (χ0v) is 19.4. The van der Waals surface area contributed by atoms with Crippen LogP contribution in [0.2, 0.25) is 0 Å². The van der Waals surface area contributed by atoms with Crippen molar-refractivity contribution in [1.82, 2.24) is 20.1 Å². The number of thiazole rings is 1. The highest BCUT2D eigenvalue weighted by Crippen LogP contribution is 2.23. The summed E-state index contributed by atoms with van der Waals surface area (Å²) in [6.45, 7) is 5.96. The average Bonchev–Trinajstić information content (AvgIpc) is 3.13. The van der Waals surface area contributed by atoms with Crippen LogP contribution in [0.5, 0.6) is 0 Å². The summed E-state index contributed by atoms with van der Waals surface area (Å²) in [5.41, 5.74) is 6.06. The SMILES string of the molecule is CC1CCC(NC(=O)CN2CCN(C(=O)c3csc(CCN)n3)CC2)CC1.Cl.Cl. The normalized spacial score (nSPS) is 22.3. The highest BCUT2D eigenvalue weighted by atomic mass is 35.5. The predicted molar refractivity (Wildman–Crippen MR) is 121 cm³/mol. The van der Waals surface area contributed by atoms with Crippen LogP contribution >= 0.6 is 36.2 Å². The lowest BCUT2D eigenvalue weighted by Gasteiger charge is -2.34. The van der Waals surface area contributed by atoms with Gasteiger partial charge in [0.25, 0.3) is 5.91 Å². The second-order valence-electron chi connectivity index (χ2n) is 7.76. The molecule has 3 N–H and O–H groups in total. The van der Waals surface area contributed by atoms with Crippen molar-refractivity contribution in [2.24, 2.45) is 11.7 Å². The van der Waals surface area contributed by atoms with Gasteiger partial charge in [-0.1, -0.05) is 6.92 Å². The van der Waals surface area contributed by atoms with Gasteiger partial charge in [-0.25, -0.2) is 4.98 Å². The minimum atomic E-state index is -0.0186. The van der Waals surface area contributed by atoms with E-state index in [0.717, 1.165) is 36.9 Å². The lowest BCUT2D eigenvalue weighted by atomic mass is 9.87. The Labute approximate surface area is 189 Å². The zero-order valence-electron chi connectivity index (χ0n) is 17.0. The number of carbonyl (C=O) groups excluding carboxylic acids is 2. The number of hydrogen-bond acceptors (Lipinski definition) is 6. The van der Waals surface area contributed by atoms with Crippen molar-refractivity contribution < 1.29 is 9.59 Å². The van der Waals surface area contributed by atoms with Crippen LogP contribution in [0.4, 0.5) is 0 Å². The molecule has 1 aromatic heterocycles. The molecule has 0 radical (unpaired) electrons. The number of aromatic nitrogens is 1. The molecule has 1 saturated carbocycles. The molecule has 3 rings (SSSR count). The summed E-state index contributed by atoms with van der Waals surface area (Å²) in [5.74, 6) is 0.878. The maximum atomic E-state index is 12.6. The lowest BCUT2D eigenvalue weighted by Crippen LogP contribution is -2.52. The minimum absolute atomic E-state index is 0. The highest BCUT2D eigenvalue weighted by Gasteiger charge is 2.26. The highest BCUT2D eigenvalue weighted by molar-refractivity contribution is 7.09. The maximum absolute atomic E-state index is 12.6. The topological polar surface area (TPSA) is 91.6 Å². The summed E-state index contributed by atoms with van der Waals surface area (Å²) in [7, 11) is 0. The van der Waals surface area contributed by atoms with Crippen molar-refractivity contribution >= 4 is 48.0 Å². The van der Waals surface area contributed by atoms with Crippen LogP contribution in [0.25, 0.3) is 0 Å². The number of nitrogens with one attached hydrogen (secondary N) is 1. The third-order valence-corrected chi connectivity index (χ3v) is 6.45. The van der Waals surface area contributed by atoms with Crippen LogP contribution in [0.1, 0.15) is 48.1 Å². The Morgan fingerprint density at radius 2 is 1.83 bits per heavy atom. The first-order valence-electron chi connectivity index (χ1n) is 10.0. The molecule has 2 amide bonds. The third kappa shape index (κ3) is 7.68. The fourth-order valence-electron chi connectivity index (χ4n) is 3.80. The second kappa shape index (κ2) is 12.7. The van der Waals surface area contributed by atoms with Crippen molar-refractivity contribution in [3.8, 4) is 0 Å². The molecular weight excluding hydrogens is 433 g/mol. The Morgan fingerprint density at radius 3 is 2.45 bits per heavy atom. The Hall–Kier alpha value is -0.930. The molecule has 10 heteroatoms. The number of halogens is 2. The van der Waals surface area contributed by atoms with Crippen molar-refractivity contribution in [2.75, 3.05) is 39.3 Å². The molecule has 29 heavy (non-hydrogen) atoms. The van der Waals surface area contributed by atoms with E-state index >= 15 is 0 Å². The van der Waals surface area contributed by atoms with E-state index in [1.54, 1.807) is 0 Å². The molecule has 0 spiro atoms. The first kappa shape index (κ1) is 26.1. The van der Waals surface area contributed by atoms with Gasteiger partial charge in [-0.05, 0) is 38.1 Å². The smallest absolute Gasteiger partial charge is 0.273 e. The number of nitrogens with zero attached hydrogens (tertiary/aromatic N) is 3. The number of carbonyl (C=O) groups is 2. The van der Waals surface area contributed by atoms with Gasteiger partial charge in [0.2, 0.25) is 5.91 Å². The molecule has 0 atom stereocenters. The first-order valence-corrected chi connectivity index (χ1v) is 10.9. The summed E-state index contributed by atoms with van der Waals surface area (Å²) in [5, 5.41) is 5.91. The van der Waals surface area contributed by atoms with Crippen LogP contribution in [0, 0.1) is 5.92 Å². The predicted octanol–water partition coefficient (Wildman–Crippen LogP) is 1.94. The Morgan fingerprint density at radius 1 is 1.17 bits per heavy atom. The van der Waals surface area contributed by atoms with E-state index in [1.165, 1.54) is 24.2 Å². The molecule has 0 aromatic carbocycles. The summed E-state index contributed by atoms with van der Waals surface area (Å²) in [4.78, 5) is 33.2. The van der Waals surface area contributed by atoms with Crippen LogP contribution in [0.3, 0.4) is 0 Å². The molecular formula is C19H33Cl2N5O2S. The molecule has 2 heterocycles. The molecule has 166 valence electrons. The van der Waals surface area contributed by atoms with Gasteiger partial charge in [0, 0.05) is 44.0 Å². The average molecular weight is 466 g/mol. The molecule has 7 nitrogen and oxygen atoms in total. The van der Waals surface area contributed by atoms with Crippen LogP contribution < -0.4 is 11.1 Å². The van der Waals surface area contributed by atoms with Crippen LogP contribution in [0.15, 0.2) is 5.38 Å². The van der Waals surface area contributed by atoms with E-state index in [-0.39, 0.29) is 36.6 Å². The molecule has 1 aliphatic carbocycles. The van der Waals surface area contributed by atoms with Gasteiger partial charge in [-0.3, -0.25) is 14.5 Å². The number of amides is 2. The molecule has 1 aromatic rings. The molecule has 1 aliphatic heterocycles. The molecule has 0 bridgehead atoms. The Kier molecular flexibility index (Phi) is 11.4. The van der Waals surface area contributed by atoms with E-state index < -0.39 is 0 Å². The van der Waals surface area contributed by atoms with Crippen molar-refractivity contribution in [3.05, 3.63) is 16.1 Å². The number of hydrogen-bond donors (Lipinski definition) is 2. The largest absolute Gasteiger partial charge is 0.352 e. The van der Waals surface area contributed by atoms with Crippen LogP contribution in [-0.2, 0) is 11.2 Å². The van der Waals surface area contributed by atoms with Gasteiger partial charge in [0.05, 0.1) is 11.6 Å². The van der Waals surface area contributed by atoms with Gasteiger partial charge in [-0.15, -0.1) is 36.2 Å². The van der Waals surface area contributed by atoms with Gasteiger partial charge >= 0.3 is 0 Å². The number of nitrogens with two attached hydrogens (primary N) is 1. The van der Waals surface area contributed by atoms with Crippen molar-refractivity contribution in [3.63, 3.8) is 0 Å². The van der Waals surface area contributed by atoms with Crippen LogP contribution in [-0.4, -0.2) is 71.9 Å². The van der Waals surface area contributed by atoms with E-state index in [2.05, 4.69) is 22.1 Å². The monoisotopic (exact) mass is 465 g/mol. The molecule has 2 aliphatic rings. The molecule has 0 unspecified atom stereocenters. The summed E-state index contributed by atoms with van der Waals surface area (Å²) < 4.78 is 0. The van der Waals surface area contributed by atoms with Gasteiger partial charge in [-0.2, -0.15) is 0 Å². The minimum Gasteiger partial charge on any atom is -0.352 e. The summed E-state index contributed by atoms with van der Waals surface area (Å²) in [6.07, 6.45) is 5.30.